The number of aliphatic hydroxyl groups is 1. The zero-order valence-electron chi connectivity index (χ0n) is 18.0. The normalized spacial score (nSPS) is 25.7. The van der Waals surface area contributed by atoms with Crippen LogP contribution >= 0.6 is 11.3 Å². The first-order chi connectivity index (χ1) is 16.7. The fourth-order valence-corrected chi connectivity index (χ4v) is 5.73. The summed E-state index contributed by atoms with van der Waals surface area (Å²) in [4.78, 5) is 24.2. The summed E-state index contributed by atoms with van der Waals surface area (Å²) >= 11 is 1.33. The number of carbonyl (C=O) groups is 1. The Labute approximate surface area is 200 Å². The number of fused-ring (bicyclic) bond motifs is 5. The number of aliphatic hydroxyl groups excluding tert-OH is 1. The van der Waals surface area contributed by atoms with Gasteiger partial charge in [-0.15, -0.1) is 13.2 Å². The van der Waals surface area contributed by atoms with Crippen LogP contribution in [0.1, 0.15) is 29.5 Å². The smallest absolute Gasteiger partial charge is 0.423 e. The maximum absolute atomic E-state index is 12.6. The number of amides is 2. The number of alkyl halides is 3. The van der Waals surface area contributed by atoms with E-state index in [-0.39, 0.29) is 47.5 Å². The molecule has 2 aromatic heterocycles. The molecule has 1 saturated carbocycles. The molecule has 14 heteroatoms. The van der Waals surface area contributed by atoms with Crippen LogP contribution in [0, 0.1) is 0 Å². The molecular weight excluding hydrogens is 491 g/mol. The van der Waals surface area contributed by atoms with Crippen LogP contribution in [0.5, 0.6) is 5.75 Å². The molecular formula is C21H20F3N5O5S. The van der Waals surface area contributed by atoms with Gasteiger partial charge in [-0.2, -0.15) is 4.98 Å². The van der Waals surface area contributed by atoms with Crippen LogP contribution in [0.15, 0.2) is 22.6 Å². The number of hydrogen-bond donors (Lipinski definition) is 3. The summed E-state index contributed by atoms with van der Waals surface area (Å²) in [5.41, 5.74) is 1.44. The maximum Gasteiger partial charge on any atom is 0.573 e. The predicted molar refractivity (Wildman–Crippen MR) is 118 cm³/mol. The van der Waals surface area contributed by atoms with Gasteiger partial charge in [0.2, 0.25) is 0 Å². The third-order valence-electron chi connectivity index (χ3n) is 6.25. The van der Waals surface area contributed by atoms with E-state index in [4.69, 9.17) is 9.15 Å². The Bertz CT molecular complexity index is 1270. The number of nitrogens with zero attached hydrogens (tertiary/aromatic N) is 3. The molecule has 1 saturated heterocycles. The van der Waals surface area contributed by atoms with Gasteiger partial charge >= 0.3 is 12.4 Å². The van der Waals surface area contributed by atoms with Crippen molar-refractivity contribution < 1.29 is 37.0 Å². The number of urea groups is 1. The lowest BCUT2D eigenvalue weighted by atomic mass is 9.90. The number of oxazole rings is 1. The molecule has 2 aliphatic heterocycles. The Morgan fingerprint density at radius 1 is 1.26 bits per heavy atom. The molecule has 186 valence electrons. The number of hydrogen-bond acceptors (Lipinski definition) is 9. The summed E-state index contributed by atoms with van der Waals surface area (Å²) in [6.07, 6.45) is -3.57. The molecule has 2 atom stereocenters. The van der Waals surface area contributed by atoms with Crippen LogP contribution in [-0.4, -0.2) is 58.9 Å². The van der Waals surface area contributed by atoms with Crippen LogP contribution in [-0.2, 0) is 11.2 Å². The van der Waals surface area contributed by atoms with Gasteiger partial charge in [-0.3, -0.25) is 5.32 Å². The van der Waals surface area contributed by atoms with Gasteiger partial charge in [0.25, 0.3) is 6.01 Å². The molecule has 2 fully saturated rings. The minimum atomic E-state index is -4.80. The molecule has 6 rings (SSSR count). The zero-order chi connectivity index (χ0) is 24.3. The largest absolute Gasteiger partial charge is 0.573 e. The highest BCUT2D eigenvalue weighted by molar-refractivity contribution is 7.16. The molecule has 2 amide bonds. The van der Waals surface area contributed by atoms with E-state index >= 15 is 0 Å². The van der Waals surface area contributed by atoms with E-state index in [1.807, 2.05) is 4.90 Å². The van der Waals surface area contributed by atoms with Crippen molar-refractivity contribution in [2.45, 2.75) is 49.9 Å². The van der Waals surface area contributed by atoms with Crippen molar-refractivity contribution in [3.63, 3.8) is 0 Å². The van der Waals surface area contributed by atoms with E-state index in [1.165, 1.54) is 29.5 Å². The molecule has 0 unspecified atom stereocenters. The van der Waals surface area contributed by atoms with Gasteiger partial charge in [-0.1, -0.05) is 11.3 Å². The first-order valence-corrected chi connectivity index (χ1v) is 11.8. The molecule has 0 spiro atoms. The monoisotopic (exact) mass is 511 g/mol. The molecule has 3 aromatic rings. The highest BCUT2D eigenvalue weighted by atomic mass is 32.1. The predicted octanol–water partition coefficient (Wildman–Crippen LogP) is 3.33. The van der Waals surface area contributed by atoms with Crippen LogP contribution in [0.4, 0.5) is 29.1 Å². The van der Waals surface area contributed by atoms with Gasteiger partial charge in [-0.05, 0) is 25.0 Å². The van der Waals surface area contributed by atoms with E-state index < -0.39 is 6.36 Å². The second kappa shape index (κ2) is 8.24. The highest BCUT2D eigenvalue weighted by Gasteiger charge is 2.43. The van der Waals surface area contributed by atoms with Crippen LogP contribution < -0.4 is 20.3 Å². The van der Waals surface area contributed by atoms with Gasteiger partial charge in [0.05, 0.1) is 42.0 Å². The van der Waals surface area contributed by atoms with Gasteiger partial charge < -0.3 is 29.2 Å². The van der Waals surface area contributed by atoms with Crippen molar-refractivity contribution in [1.82, 2.24) is 15.3 Å². The number of morpholine rings is 1. The Kier molecular flexibility index (Phi) is 5.27. The minimum absolute atomic E-state index is 0.0519. The lowest BCUT2D eigenvalue weighted by molar-refractivity contribution is -0.274. The molecule has 4 heterocycles. The summed E-state index contributed by atoms with van der Waals surface area (Å²) in [5, 5.41) is 15.4. The quantitative estimate of drug-likeness (QED) is 0.488. The van der Waals surface area contributed by atoms with E-state index in [0.29, 0.717) is 43.2 Å². The van der Waals surface area contributed by atoms with E-state index in [1.54, 1.807) is 0 Å². The number of benzene rings is 1. The summed E-state index contributed by atoms with van der Waals surface area (Å²) in [6.45, 7) is 0.750. The van der Waals surface area contributed by atoms with Crippen molar-refractivity contribution in [2.75, 3.05) is 23.4 Å². The Hall–Kier alpha value is -3.10. The molecule has 10 nitrogen and oxygen atoms in total. The first kappa shape index (κ1) is 22.4. The number of ether oxygens (including phenoxy) is 2. The lowest BCUT2D eigenvalue weighted by Gasteiger charge is -2.43. The summed E-state index contributed by atoms with van der Waals surface area (Å²) in [5.74, 6) is -0.373. The van der Waals surface area contributed by atoms with Gasteiger partial charge in [0.15, 0.2) is 10.7 Å². The number of halogens is 3. The third-order valence-corrected chi connectivity index (χ3v) is 7.36. The Morgan fingerprint density at radius 2 is 2.09 bits per heavy atom. The maximum atomic E-state index is 12.6. The molecule has 35 heavy (non-hydrogen) atoms. The average molecular weight is 511 g/mol. The first-order valence-electron chi connectivity index (χ1n) is 11.0. The van der Waals surface area contributed by atoms with Crippen molar-refractivity contribution in [3.8, 4) is 5.75 Å². The fraction of sp³-hybridized carbons (Fsp3) is 0.476. The molecule has 3 aliphatic rings. The lowest BCUT2D eigenvalue weighted by Crippen LogP contribution is -2.51. The number of anilines is 2. The number of rotatable bonds is 4. The third kappa shape index (κ3) is 4.36. The summed E-state index contributed by atoms with van der Waals surface area (Å²) in [7, 11) is 0. The summed E-state index contributed by atoms with van der Waals surface area (Å²) in [6, 6.07) is 3.20. The van der Waals surface area contributed by atoms with Crippen molar-refractivity contribution >= 4 is 39.6 Å². The van der Waals surface area contributed by atoms with Crippen LogP contribution in [0.25, 0.3) is 11.1 Å². The minimum Gasteiger partial charge on any atom is -0.423 e. The molecule has 2 bridgehead atoms. The molecule has 1 aliphatic carbocycles. The van der Waals surface area contributed by atoms with E-state index in [2.05, 4.69) is 25.3 Å². The Morgan fingerprint density at radius 3 is 2.86 bits per heavy atom. The topological polar surface area (TPSA) is 122 Å². The number of aromatic nitrogens is 2. The second-order valence-corrected chi connectivity index (χ2v) is 9.77. The number of thiazole rings is 1. The average Bonchev–Trinajstić information content (AvgIpc) is 3.34. The van der Waals surface area contributed by atoms with Crippen LogP contribution in [0.2, 0.25) is 0 Å². The number of nitrogens with one attached hydrogen (secondary N) is 2. The van der Waals surface area contributed by atoms with Gasteiger partial charge in [-0.25, -0.2) is 9.78 Å². The molecule has 1 aromatic carbocycles. The van der Waals surface area contributed by atoms with Crippen LogP contribution in [0.3, 0.4) is 0 Å². The number of carbonyl (C=O) groups excluding carboxylic acids is 1. The van der Waals surface area contributed by atoms with Crippen molar-refractivity contribution in [1.29, 1.82) is 0 Å². The van der Waals surface area contributed by atoms with Crippen molar-refractivity contribution in [2.24, 2.45) is 0 Å². The van der Waals surface area contributed by atoms with Gasteiger partial charge in [0, 0.05) is 18.5 Å². The fourth-order valence-electron chi connectivity index (χ4n) is 4.65. The second-order valence-electron chi connectivity index (χ2n) is 8.74. The highest BCUT2D eigenvalue weighted by Crippen LogP contribution is 2.44. The van der Waals surface area contributed by atoms with Gasteiger partial charge in [0.1, 0.15) is 11.3 Å². The Balaban J connectivity index is 1.23. The molecule has 3 N–H and O–H groups in total. The van der Waals surface area contributed by atoms with E-state index in [0.717, 1.165) is 10.6 Å². The zero-order valence-corrected chi connectivity index (χ0v) is 18.9. The van der Waals surface area contributed by atoms with E-state index in [9.17, 15) is 23.1 Å². The summed E-state index contributed by atoms with van der Waals surface area (Å²) < 4.78 is 53.4. The molecule has 0 radical (unpaired) electrons. The SMILES string of the molecule is O=C(Nc1nc2c(s1)[C@@H]1COC[C@H](C2)N1c1nc2cc(OC(F)(F)F)ccc2o1)NC1CC(O)C1. The van der Waals surface area contributed by atoms with Crippen molar-refractivity contribution in [3.05, 3.63) is 28.8 Å². The standard InChI is InChI=1S/C21H20F3N5O5S/c22-21(23,24)34-12-1-2-16-13(6-12)27-20(33-16)29-10-5-14-17(15(29)8-32-7-10)35-19(26-14)28-18(31)25-9-3-11(30)4-9/h1-2,6,9-11,15,30H,3-5,7-8H2,(H2,25,26,28,31)/t9?,10-,11?,15-/m0/s1.